The predicted molar refractivity (Wildman–Crippen MR) is 69.3 cm³/mol. The van der Waals surface area contributed by atoms with Crippen LogP contribution >= 0.6 is 0 Å². The molecular formula is C12H11F4N5. The van der Waals surface area contributed by atoms with Crippen LogP contribution < -0.4 is 16.6 Å². The van der Waals surface area contributed by atoms with Gasteiger partial charge in [-0.05, 0) is 30.7 Å². The van der Waals surface area contributed by atoms with Crippen LogP contribution in [0.2, 0.25) is 0 Å². The average Bonchev–Trinajstić information content (AvgIpc) is 2.40. The number of rotatable bonds is 3. The Bertz CT molecular complexity index is 657. The summed E-state index contributed by atoms with van der Waals surface area (Å²) in [4.78, 5) is 6.60. The van der Waals surface area contributed by atoms with E-state index in [-0.39, 0.29) is 11.6 Å². The van der Waals surface area contributed by atoms with Crippen molar-refractivity contribution in [3.63, 3.8) is 0 Å². The first kappa shape index (κ1) is 15.0. The summed E-state index contributed by atoms with van der Waals surface area (Å²) in [5.41, 5.74) is 2.98. The highest BCUT2D eigenvalue weighted by Gasteiger charge is 2.35. The molecule has 0 saturated carbocycles. The molecular weight excluding hydrogens is 290 g/mol. The number of anilines is 3. The predicted octanol–water partition coefficient (Wildman–Crippen LogP) is 2.97. The van der Waals surface area contributed by atoms with Crippen molar-refractivity contribution in [1.82, 2.24) is 9.97 Å². The van der Waals surface area contributed by atoms with E-state index in [2.05, 4.69) is 15.3 Å². The molecule has 0 aliphatic heterocycles. The van der Waals surface area contributed by atoms with E-state index >= 15 is 0 Å². The minimum atomic E-state index is -4.71. The SMILES string of the molecule is Cc1cc(F)ccc1Nc1cc(NN)nc(C(F)(F)F)n1. The second-order valence-corrected chi connectivity index (χ2v) is 4.19. The molecule has 2 aromatic rings. The summed E-state index contributed by atoms with van der Waals surface area (Å²) in [6.07, 6.45) is -4.71. The van der Waals surface area contributed by atoms with Crippen molar-refractivity contribution < 1.29 is 17.6 Å². The van der Waals surface area contributed by atoms with Crippen LogP contribution in [0, 0.1) is 12.7 Å². The van der Waals surface area contributed by atoms with Crippen molar-refractivity contribution >= 4 is 17.3 Å². The second kappa shape index (κ2) is 5.52. The molecule has 0 unspecified atom stereocenters. The largest absolute Gasteiger partial charge is 0.451 e. The fourth-order valence-corrected chi connectivity index (χ4v) is 1.62. The number of hydrogen-bond donors (Lipinski definition) is 3. The summed E-state index contributed by atoms with van der Waals surface area (Å²) in [6.45, 7) is 1.61. The number of benzene rings is 1. The van der Waals surface area contributed by atoms with Gasteiger partial charge in [0.1, 0.15) is 17.5 Å². The standard InChI is InChI=1S/C12H11F4N5/c1-6-4-7(13)2-3-8(6)18-9-5-10(21-17)20-11(19-9)12(14,15)16/h2-5H,17H2,1H3,(H2,18,19,20,21). The van der Waals surface area contributed by atoms with Gasteiger partial charge in [0.25, 0.3) is 0 Å². The zero-order chi connectivity index (χ0) is 15.6. The minimum Gasteiger partial charge on any atom is -0.340 e. The molecule has 9 heteroatoms. The third-order valence-electron chi connectivity index (χ3n) is 2.58. The number of nitrogens with one attached hydrogen (secondary N) is 2. The van der Waals surface area contributed by atoms with E-state index in [0.717, 1.165) is 0 Å². The van der Waals surface area contributed by atoms with Crippen LogP contribution in [0.4, 0.5) is 34.9 Å². The maximum Gasteiger partial charge on any atom is 0.451 e. The number of aryl methyl sites for hydroxylation is 1. The number of nitrogen functional groups attached to an aromatic ring is 1. The zero-order valence-electron chi connectivity index (χ0n) is 10.8. The van der Waals surface area contributed by atoms with Gasteiger partial charge in [0, 0.05) is 11.8 Å². The summed E-state index contributed by atoms with van der Waals surface area (Å²) >= 11 is 0. The smallest absolute Gasteiger partial charge is 0.340 e. The van der Waals surface area contributed by atoms with Gasteiger partial charge in [-0.25, -0.2) is 20.2 Å². The summed E-state index contributed by atoms with van der Waals surface area (Å²) in [5, 5.41) is 2.67. The van der Waals surface area contributed by atoms with Crippen LogP contribution in [-0.4, -0.2) is 9.97 Å². The van der Waals surface area contributed by atoms with E-state index in [1.54, 1.807) is 6.92 Å². The molecule has 1 heterocycles. The molecule has 0 saturated heterocycles. The highest BCUT2D eigenvalue weighted by molar-refractivity contribution is 5.62. The second-order valence-electron chi connectivity index (χ2n) is 4.19. The number of hydrazine groups is 1. The molecule has 1 aromatic heterocycles. The van der Waals surface area contributed by atoms with Crippen LogP contribution in [0.1, 0.15) is 11.4 Å². The number of nitrogens with zero attached hydrogens (tertiary/aromatic N) is 2. The van der Waals surface area contributed by atoms with Gasteiger partial charge < -0.3 is 10.7 Å². The maximum absolute atomic E-state index is 13.0. The van der Waals surface area contributed by atoms with E-state index in [4.69, 9.17) is 5.84 Å². The van der Waals surface area contributed by atoms with Crippen molar-refractivity contribution in [3.8, 4) is 0 Å². The number of hydrogen-bond acceptors (Lipinski definition) is 5. The lowest BCUT2D eigenvalue weighted by atomic mass is 10.2. The van der Waals surface area contributed by atoms with Crippen molar-refractivity contribution in [2.24, 2.45) is 5.84 Å². The number of alkyl halides is 3. The van der Waals surface area contributed by atoms with Gasteiger partial charge in [-0.2, -0.15) is 13.2 Å². The zero-order valence-corrected chi connectivity index (χ0v) is 10.8. The van der Waals surface area contributed by atoms with Crippen LogP contribution in [0.15, 0.2) is 24.3 Å². The van der Waals surface area contributed by atoms with Gasteiger partial charge >= 0.3 is 6.18 Å². The molecule has 0 fully saturated rings. The summed E-state index contributed by atoms with van der Waals surface area (Å²) in [6, 6.07) is 5.03. The van der Waals surface area contributed by atoms with Crippen LogP contribution in [-0.2, 0) is 6.18 Å². The highest BCUT2D eigenvalue weighted by Crippen LogP contribution is 2.29. The molecule has 21 heavy (non-hydrogen) atoms. The fraction of sp³-hybridized carbons (Fsp3) is 0.167. The lowest BCUT2D eigenvalue weighted by molar-refractivity contribution is -0.144. The van der Waals surface area contributed by atoms with E-state index in [9.17, 15) is 17.6 Å². The van der Waals surface area contributed by atoms with E-state index in [1.165, 1.54) is 24.3 Å². The Morgan fingerprint density at radius 3 is 2.33 bits per heavy atom. The minimum absolute atomic E-state index is 0.111. The molecule has 0 radical (unpaired) electrons. The molecule has 5 nitrogen and oxygen atoms in total. The Morgan fingerprint density at radius 2 is 1.76 bits per heavy atom. The summed E-state index contributed by atoms with van der Waals surface area (Å²) in [5.74, 6) is 3.01. The average molecular weight is 301 g/mol. The topological polar surface area (TPSA) is 75.9 Å². The van der Waals surface area contributed by atoms with Gasteiger partial charge in [0.05, 0.1) is 0 Å². The lowest BCUT2D eigenvalue weighted by Crippen LogP contribution is -2.16. The van der Waals surface area contributed by atoms with Crippen molar-refractivity contribution in [3.05, 3.63) is 41.5 Å². The van der Waals surface area contributed by atoms with Crippen LogP contribution in [0.5, 0.6) is 0 Å². The Kier molecular flexibility index (Phi) is 3.94. The Balaban J connectivity index is 2.39. The normalized spacial score (nSPS) is 11.3. The highest BCUT2D eigenvalue weighted by atomic mass is 19.4. The van der Waals surface area contributed by atoms with Crippen LogP contribution in [0.3, 0.4) is 0 Å². The van der Waals surface area contributed by atoms with Gasteiger partial charge in [-0.3, -0.25) is 0 Å². The molecule has 2 rings (SSSR count). The molecule has 1 aromatic carbocycles. The Hall–Kier alpha value is -2.42. The Labute approximate surface area is 117 Å². The lowest BCUT2D eigenvalue weighted by Gasteiger charge is -2.12. The van der Waals surface area contributed by atoms with E-state index in [1.807, 2.05) is 5.43 Å². The maximum atomic E-state index is 13.0. The first-order valence-corrected chi connectivity index (χ1v) is 5.75. The third kappa shape index (κ3) is 3.57. The van der Waals surface area contributed by atoms with Gasteiger partial charge in [-0.1, -0.05) is 0 Å². The van der Waals surface area contributed by atoms with E-state index in [0.29, 0.717) is 11.3 Å². The van der Waals surface area contributed by atoms with Gasteiger partial charge in [0.2, 0.25) is 5.82 Å². The summed E-state index contributed by atoms with van der Waals surface area (Å²) < 4.78 is 51.0. The number of nitrogens with two attached hydrogens (primary N) is 1. The summed E-state index contributed by atoms with van der Waals surface area (Å²) in [7, 11) is 0. The molecule has 0 bridgehead atoms. The quantitative estimate of drug-likeness (QED) is 0.461. The van der Waals surface area contributed by atoms with Crippen molar-refractivity contribution in [2.75, 3.05) is 10.7 Å². The monoisotopic (exact) mass is 301 g/mol. The molecule has 0 aliphatic rings. The molecule has 0 aliphatic carbocycles. The molecule has 4 N–H and O–H groups in total. The van der Waals surface area contributed by atoms with Crippen molar-refractivity contribution in [2.45, 2.75) is 13.1 Å². The molecule has 0 amide bonds. The molecule has 112 valence electrons. The van der Waals surface area contributed by atoms with Crippen LogP contribution in [0.25, 0.3) is 0 Å². The molecule has 0 spiro atoms. The van der Waals surface area contributed by atoms with E-state index < -0.39 is 17.8 Å². The number of aromatic nitrogens is 2. The third-order valence-corrected chi connectivity index (χ3v) is 2.58. The molecule has 0 atom stereocenters. The fourth-order valence-electron chi connectivity index (χ4n) is 1.62. The van der Waals surface area contributed by atoms with Gasteiger partial charge in [-0.15, -0.1) is 0 Å². The first-order valence-electron chi connectivity index (χ1n) is 5.75. The van der Waals surface area contributed by atoms with Gasteiger partial charge in [0.15, 0.2) is 0 Å². The first-order chi connectivity index (χ1) is 9.79. The Morgan fingerprint density at radius 1 is 1.10 bits per heavy atom. The van der Waals surface area contributed by atoms with Crippen molar-refractivity contribution in [1.29, 1.82) is 0 Å². The number of halogens is 4.